The van der Waals surface area contributed by atoms with Crippen LogP contribution in [0.2, 0.25) is 0 Å². The largest absolute Gasteiger partial charge is 0.352 e. The Bertz CT molecular complexity index is 305. The third-order valence-corrected chi connectivity index (χ3v) is 5.00. The average molecular weight is 296 g/mol. The Labute approximate surface area is 129 Å². The van der Waals surface area contributed by atoms with Gasteiger partial charge in [-0.15, -0.1) is 0 Å². The molecule has 0 spiro atoms. The topological polar surface area (TPSA) is 61.6 Å². The molecule has 21 heavy (non-hydrogen) atoms. The van der Waals surface area contributed by atoms with Crippen LogP contribution in [0, 0.1) is 0 Å². The van der Waals surface area contributed by atoms with Crippen molar-refractivity contribution in [3.8, 4) is 0 Å². The number of carbonyl (C=O) groups excluding carboxylic acids is 1. The smallest absolute Gasteiger partial charge is 0.234 e. The quantitative estimate of drug-likeness (QED) is 0.761. The van der Waals surface area contributed by atoms with Crippen molar-refractivity contribution in [2.75, 3.05) is 39.3 Å². The Hall–Kier alpha value is -0.650. The molecule has 1 aliphatic carbocycles. The van der Waals surface area contributed by atoms with E-state index in [2.05, 4.69) is 22.0 Å². The fraction of sp³-hybridized carbons (Fsp3) is 0.938. The number of rotatable bonds is 6. The van der Waals surface area contributed by atoms with E-state index in [1.54, 1.807) is 0 Å². The van der Waals surface area contributed by atoms with Gasteiger partial charge in [-0.1, -0.05) is 26.2 Å². The third kappa shape index (κ3) is 5.24. The number of nitrogens with zero attached hydrogens (tertiary/aromatic N) is 2. The number of hydrogen-bond acceptors (Lipinski definition) is 4. The molecule has 0 bridgehead atoms. The average Bonchev–Trinajstić information content (AvgIpc) is 2.51. The van der Waals surface area contributed by atoms with E-state index in [9.17, 15) is 4.79 Å². The van der Waals surface area contributed by atoms with Gasteiger partial charge in [-0.3, -0.25) is 14.6 Å². The number of amides is 1. The molecule has 1 heterocycles. The van der Waals surface area contributed by atoms with E-state index in [-0.39, 0.29) is 5.91 Å². The highest BCUT2D eigenvalue weighted by Gasteiger charge is 2.23. The van der Waals surface area contributed by atoms with Crippen LogP contribution in [0.25, 0.3) is 0 Å². The van der Waals surface area contributed by atoms with Crippen LogP contribution < -0.4 is 11.1 Å². The lowest BCUT2D eigenvalue weighted by atomic mass is 9.95. The lowest BCUT2D eigenvalue weighted by Gasteiger charge is -2.38. The molecule has 2 aliphatic rings. The molecule has 2 fully saturated rings. The zero-order valence-corrected chi connectivity index (χ0v) is 13.5. The van der Waals surface area contributed by atoms with Gasteiger partial charge >= 0.3 is 0 Å². The normalized spacial score (nSPS) is 23.9. The van der Waals surface area contributed by atoms with Gasteiger partial charge in [0.1, 0.15) is 0 Å². The number of piperazine rings is 1. The molecule has 1 atom stereocenters. The first kappa shape index (κ1) is 16.7. The summed E-state index contributed by atoms with van der Waals surface area (Å²) in [6.07, 6.45) is 7.29. The summed E-state index contributed by atoms with van der Waals surface area (Å²) >= 11 is 0. The van der Waals surface area contributed by atoms with Crippen molar-refractivity contribution in [1.82, 2.24) is 15.1 Å². The summed E-state index contributed by atoms with van der Waals surface area (Å²) in [5.74, 6) is 0.209. The maximum absolute atomic E-state index is 12.1. The SMILES string of the molecule is CCC(CN)N1CCN(CC(=O)NC2CCCCC2)CC1. The molecule has 122 valence electrons. The molecule has 1 amide bonds. The minimum absolute atomic E-state index is 0.209. The van der Waals surface area contributed by atoms with Gasteiger partial charge in [0.2, 0.25) is 5.91 Å². The molecule has 1 saturated carbocycles. The Balaban J connectivity index is 1.66. The third-order valence-electron chi connectivity index (χ3n) is 5.00. The highest BCUT2D eigenvalue weighted by molar-refractivity contribution is 5.78. The zero-order valence-electron chi connectivity index (χ0n) is 13.5. The van der Waals surface area contributed by atoms with E-state index in [1.165, 1.54) is 19.3 Å². The van der Waals surface area contributed by atoms with Crippen LogP contribution in [0.3, 0.4) is 0 Å². The van der Waals surface area contributed by atoms with Crippen LogP contribution in [0.4, 0.5) is 0 Å². The number of hydrogen-bond donors (Lipinski definition) is 2. The van der Waals surface area contributed by atoms with E-state index in [1.807, 2.05) is 0 Å². The van der Waals surface area contributed by atoms with E-state index in [0.717, 1.165) is 52.0 Å². The summed E-state index contributed by atoms with van der Waals surface area (Å²) in [7, 11) is 0. The second-order valence-electron chi connectivity index (χ2n) is 6.51. The van der Waals surface area contributed by atoms with E-state index in [4.69, 9.17) is 5.73 Å². The lowest BCUT2D eigenvalue weighted by molar-refractivity contribution is -0.123. The molecule has 5 heteroatoms. The first-order chi connectivity index (χ1) is 10.2. The fourth-order valence-electron chi connectivity index (χ4n) is 3.58. The van der Waals surface area contributed by atoms with Gasteiger partial charge in [-0.05, 0) is 19.3 Å². The fourth-order valence-corrected chi connectivity index (χ4v) is 3.58. The molecule has 0 radical (unpaired) electrons. The molecule has 1 unspecified atom stereocenters. The minimum Gasteiger partial charge on any atom is -0.352 e. The second-order valence-corrected chi connectivity index (χ2v) is 6.51. The van der Waals surface area contributed by atoms with Crippen LogP contribution in [-0.4, -0.2) is 67.1 Å². The molecule has 0 aromatic carbocycles. The molecule has 5 nitrogen and oxygen atoms in total. The van der Waals surface area contributed by atoms with Gasteiger partial charge in [-0.25, -0.2) is 0 Å². The second kappa shape index (κ2) is 8.71. The first-order valence-corrected chi connectivity index (χ1v) is 8.68. The van der Waals surface area contributed by atoms with Gasteiger partial charge < -0.3 is 11.1 Å². The summed E-state index contributed by atoms with van der Waals surface area (Å²) in [5, 5.41) is 3.21. The molecule has 3 N–H and O–H groups in total. The molecular weight excluding hydrogens is 264 g/mol. The Kier molecular flexibility index (Phi) is 6.93. The van der Waals surface area contributed by atoms with Gasteiger partial charge in [0.15, 0.2) is 0 Å². The van der Waals surface area contributed by atoms with E-state index >= 15 is 0 Å². The first-order valence-electron chi connectivity index (χ1n) is 8.68. The van der Waals surface area contributed by atoms with Crippen molar-refractivity contribution in [2.45, 2.75) is 57.5 Å². The van der Waals surface area contributed by atoms with E-state index < -0.39 is 0 Å². The summed E-state index contributed by atoms with van der Waals surface area (Å²) in [6.45, 7) is 7.52. The highest BCUT2D eigenvalue weighted by Crippen LogP contribution is 2.17. The van der Waals surface area contributed by atoms with Crippen molar-refractivity contribution in [3.05, 3.63) is 0 Å². The maximum atomic E-state index is 12.1. The van der Waals surface area contributed by atoms with Crippen molar-refractivity contribution in [1.29, 1.82) is 0 Å². The van der Waals surface area contributed by atoms with Crippen molar-refractivity contribution < 1.29 is 4.79 Å². The molecule has 1 saturated heterocycles. The summed E-state index contributed by atoms with van der Waals surface area (Å²) < 4.78 is 0. The summed E-state index contributed by atoms with van der Waals surface area (Å²) in [6, 6.07) is 0.928. The van der Waals surface area contributed by atoms with Crippen LogP contribution >= 0.6 is 0 Å². The number of nitrogens with one attached hydrogen (secondary N) is 1. The highest BCUT2D eigenvalue weighted by atomic mass is 16.2. The minimum atomic E-state index is 0.209. The monoisotopic (exact) mass is 296 g/mol. The van der Waals surface area contributed by atoms with Gasteiger partial charge in [0.25, 0.3) is 0 Å². The summed E-state index contributed by atoms with van der Waals surface area (Å²) in [5.41, 5.74) is 5.81. The predicted molar refractivity (Wildman–Crippen MR) is 86.2 cm³/mol. The molecule has 0 aromatic rings. The molecule has 0 aromatic heterocycles. The number of nitrogens with two attached hydrogens (primary N) is 1. The van der Waals surface area contributed by atoms with Crippen LogP contribution in [0.5, 0.6) is 0 Å². The molecule has 2 rings (SSSR count). The standard InChI is InChI=1S/C16H32N4O/c1-2-15(12-17)20-10-8-19(9-11-20)13-16(21)18-14-6-4-3-5-7-14/h14-15H,2-13,17H2,1H3,(H,18,21). The molecule has 1 aliphatic heterocycles. The van der Waals surface area contributed by atoms with Gasteiger partial charge in [0.05, 0.1) is 6.54 Å². The van der Waals surface area contributed by atoms with Crippen LogP contribution in [-0.2, 0) is 4.79 Å². The van der Waals surface area contributed by atoms with E-state index in [0.29, 0.717) is 18.6 Å². The Morgan fingerprint density at radius 3 is 2.43 bits per heavy atom. The van der Waals surface area contributed by atoms with Gasteiger partial charge in [0, 0.05) is 44.8 Å². The Morgan fingerprint density at radius 2 is 1.86 bits per heavy atom. The lowest BCUT2D eigenvalue weighted by Crippen LogP contribution is -2.54. The number of carbonyl (C=O) groups is 1. The Morgan fingerprint density at radius 1 is 1.19 bits per heavy atom. The zero-order chi connectivity index (χ0) is 15.1. The van der Waals surface area contributed by atoms with Crippen molar-refractivity contribution in [3.63, 3.8) is 0 Å². The summed E-state index contributed by atoms with van der Waals surface area (Å²) in [4.78, 5) is 16.9. The van der Waals surface area contributed by atoms with Crippen LogP contribution in [0.15, 0.2) is 0 Å². The van der Waals surface area contributed by atoms with Crippen molar-refractivity contribution >= 4 is 5.91 Å². The van der Waals surface area contributed by atoms with Crippen LogP contribution in [0.1, 0.15) is 45.4 Å². The predicted octanol–water partition coefficient (Wildman–Crippen LogP) is 0.790. The van der Waals surface area contributed by atoms with Gasteiger partial charge in [-0.2, -0.15) is 0 Å². The van der Waals surface area contributed by atoms with Crippen molar-refractivity contribution in [2.24, 2.45) is 5.73 Å². The molecular formula is C16H32N4O. The maximum Gasteiger partial charge on any atom is 0.234 e.